The van der Waals surface area contributed by atoms with Gasteiger partial charge >= 0.3 is 0 Å². The highest BCUT2D eigenvalue weighted by atomic mass is 35.5. The van der Waals surface area contributed by atoms with Crippen molar-refractivity contribution in [2.24, 2.45) is 0 Å². The monoisotopic (exact) mass is 344 g/mol. The molecule has 3 rings (SSSR count). The number of methoxy groups -OCH3 is 1. The third-order valence-electron chi connectivity index (χ3n) is 3.53. The highest BCUT2D eigenvalue weighted by Crippen LogP contribution is 2.22. The quantitative estimate of drug-likeness (QED) is 0.768. The van der Waals surface area contributed by atoms with Crippen molar-refractivity contribution in [2.45, 2.75) is 6.54 Å². The molecule has 0 fully saturated rings. The van der Waals surface area contributed by atoms with Gasteiger partial charge in [0.1, 0.15) is 5.75 Å². The molecular weight excluding hydrogens is 324 g/mol. The lowest BCUT2D eigenvalue weighted by atomic mass is 10.1. The van der Waals surface area contributed by atoms with E-state index in [0.717, 1.165) is 29.2 Å². The van der Waals surface area contributed by atoms with Crippen LogP contribution in [0.3, 0.4) is 0 Å². The van der Waals surface area contributed by atoms with Crippen molar-refractivity contribution in [1.82, 2.24) is 20.1 Å². The van der Waals surface area contributed by atoms with Gasteiger partial charge in [-0.25, -0.2) is 4.98 Å². The third-order valence-corrected chi connectivity index (χ3v) is 3.53. The average Bonchev–Trinajstić information content (AvgIpc) is 3.04. The molecular formula is C18H21ClN4O. The smallest absolute Gasteiger partial charge is 0.181 e. The standard InChI is InChI=1S/C18H20N4O.ClH/c1-22(2)12-13-5-4-6-15(11-13)18-19-17(20-21-18)14-7-9-16(23-3)10-8-14;/h4-11H,12H2,1-3H3,(H,19,20,21);1H. The van der Waals surface area contributed by atoms with Gasteiger partial charge in [0.2, 0.25) is 0 Å². The fourth-order valence-electron chi connectivity index (χ4n) is 2.44. The van der Waals surface area contributed by atoms with Crippen molar-refractivity contribution in [3.05, 3.63) is 54.1 Å². The van der Waals surface area contributed by atoms with Crippen LogP contribution in [0.15, 0.2) is 48.5 Å². The summed E-state index contributed by atoms with van der Waals surface area (Å²) < 4.78 is 5.17. The van der Waals surface area contributed by atoms with Crippen LogP contribution < -0.4 is 4.74 Å². The van der Waals surface area contributed by atoms with Crippen molar-refractivity contribution in [2.75, 3.05) is 21.2 Å². The van der Waals surface area contributed by atoms with Gasteiger partial charge in [-0.15, -0.1) is 12.4 Å². The van der Waals surface area contributed by atoms with E-state index < -0.39 is 0 Å². The Morgan fingerprint density at radius 1 is 1.04 bits per heavy atom. The van der Waals surface area contributed by atoms with Gasteiger partial charge in [-0.1, -0.05) is 18.2 Å². The first kappa shape index (κ1) is 18.0. The zero-order valence-corrected chi connectivity index (χ0v) is 14.8. The lowest BCUT2D eigenvalue weighted by Gasteiger charge is -2.09. The summed E-state index contributed by atoms with van der Waals surface area (Å²) >= 11 is 0. The molecule has 0 saturated heterocycles. The van der Waals surface area contributed by atoms with Crippen LogP contribution in [0.1, 0.15) is 5.56 Å². The van der Waals surface area contributed by atoms with E-state index in [4.69, 9.17) is 4.74 Å². The second-order valence-electron chi connectivity index (χ2n) is 5.67. The molecule has 0 amide bonds. The average molecular weight is 345 g/mol. The van der Waals surface area contributed by atoms with E-state index in [1.807, 2.05) is 36.4 Å². The number of nitrogens with zero attached hydrogens (tertiary/aromatic N) is 3. The summed E-state index contributed by atoms with van der Waals surface area (Å²) in [5.41, 5.74) is 3.23. The number of ether oxygens (including phenoxy) is 1. The Balaban J connectivity index is 0.00000208. The van der Waals surface area contributed by atoms with Crippen LogP contribution in [-0.4, -0.2) is 41.3 Å². The van der Waals surface area contributed by atoms with E-state index in [9.17, 15) is 0 Å². The Bertz CT molecular complexity index is 784. The van der Waals surface area contributed by atoms with Gasteiger partial charge in [-0.05, 0) is 50.0 Å². The molecule has 6 heteroatoms. The van der Waals surface area contributed by atoms with Crippen LogP contribution in [0.25, 0.3) is 22.8 Å². The number of hydrogen-bond acceptors (Lipinski definition) is 4. The first-order valence-electron chi connectivity index (χ1n) is 7.46. The summed E-state index contributed by atoms with van der Waals surface area (Å²) in [5.74, 6) is 2.28. The molecule has 0 spiro atoms. The minimum Gasteiger partial charge on any atom is -0.497 e. The maximum atomic E-state index is 5.17. The zero-order valence-electron chi connectivity index (χ0n) is 14.0. The molecule has 5 nitrogen and oxygen atoms in total. The Morgan fingerprint density at radius 2 is 1.79 bits per heavy atom. The minimum atomic E-state index is 0. The van der Waals surface area contributed by atoms with Crippen molar-refractivity contribution in [1.29, 1.82) is 0 Å². The molecule has 2 aromatic carbocycles. The number of halogens is 1. The fraction of sp³-hybridized carbons (Fsp3) is 0.222. The van der Waals surface area contributed by atoms with E-state index in [1.54, 1.807) is 7.11 Å². The maximum absolute atomic E-state index is 5.17. The Morgan fingerprint density at radius 3 is 2.46 bits per heavy atom. The number of aromatic amines is 1. The predicted octanol–water partition coefficient (Wildman–Crippen LogP) is 3.63. The fourth-order valence-corrected chi connectivity index (χ4v) is 2.44. The van der Waals surface area contributed by atoms with E-state index in [-0.39, 0.29) is 12.4 Å². The summed E-state index contributed by atoms with van der Waals surface area (Å²) in [6, 6.07) is 16.1. The molecule has 3 aromatic rings. The topological polar surface area (TPSA) is 54.0 Å². The van der Waals surface area contributed by atoms with Crippen LogP contribution in [-0.2, 0) is 6.54 Å². The van der Waals surface area contributed by atoms with Gasteiger partial charge in [-0.3, -0.25) is 5.10 Å². The molecule has 0 radical (unpaired) electrons. The SMILES string of the molecule is COc1ccc(-c2nc(-c3cccc(CN(C)C)c3)n[nH]2)cc1.Cl. The van der Waals surface area contributed by atoms with E-state index in [2.05, 4.69) is 46.3 Å². The summed E-state index contributed by atoms with van der Waals surface area (Å²) in [6.45, 7) is 0.892. The number of rotatable bonds is 5. The molecule has 1 N–H and O–H groups in total. The molecule has 0 unspecified atom stereocenters. The molecule has 0 aliphatic rings. The van der Waals surface area contributed by atoms with Crippen molar-refractivity contribution in [3.8, 4) is 28.5 Å². The summed E-state index contributed by atoms with van der Waals surface area (Å²) in [5, 5.41) is 7.35. The lowest BCUT2D eigenvalue weighted by Crippen LogP contribution is -2.10. The predicted molar refractivity (Wildman–Crippen MR) is 98.4 cm³/mol. The molecule has 0 bridgehead atoms. The normalized spacial score (nSPS) is 10.5. The summed E-state index contributed by atoms with van der Waals surface area (Å²) in [6.07, 6.45) is 0. The van der Waals surface area contributed by atoms with Gasteiger partial charge in [0, 0.05) is 17.7 Å². The Kier molecular flexibility index (Phi) is 5.95. The number of hydrogen-bond donors (Lipinski definition) is 1. The molecule has 0 atom stereocenters. The van der Waals surface area contributed by atoms with Gasteiger partial charge in [0.15, 0.2) is 11.6 Å². The van der Waals surface area contributed by atoms with E-state index >= 15 is 0 Å². The second-order valence-corrected chi connectivity index (χ2v) is 5.67. The van der Waals surface area contributed by atoms with Crippen LogP contribution in [0.4, 0.5) is 0 Å². The third kappa shape index (κ3) is 4.13. The maximum Gasteiger partial charge on any atom is 0.181 e. The first-order valence-corrected chi connectivity index (χ1v) is 7.46. The Hall–Kier alpha value is -2.37. The zero-order chi connectivity index (χ0) is 16.2. The Labute approximate surface area is 148 Å². The minimum absolute atomic E-state index is 0. The van der Waals surface area contributed by atoms with Crippen LogP contribution in [0, 0.1) is 0 Å². The number of H-pyrrole nitrogens is 1. The van der Waals surface area contributed by atoms with Crippen LogP contribution in [0.5, 0.6) is 5.75 Å². The highest BCUT2D eigenvalue weighted by molar-refractivity contribution is 5.85. The van der Waals surface area contributed by atoms with Crippen LogP contribution >= 0.6 is 12.4 Å². The van der Waals surface area contributed by atoms with Gasteiger partial charge < -0.3 is 9.64 Å². The van der Waals surface area contributed by atoms with Crippen molar-refractivity contribution >= 4 is 12.4 Å². The second kappa shape index (κ2) is 7.95. The van der Waals surface area contributed by atoms with Gasteiger partial charge in [0.05, 0.1) is 7.11 Å². The van der Waals surface area contributed by atoms with Crippen LogP contribution in [0.2, 0.25) is 0 Å². The van der Waals surface area contributed by atoms with E-state index in [1.165, 1.54) is 5.56 Å². The first-order chi connectivity index (χ1) is 11.2. The van der Waals surface area contributed by atoms with Gasteiger partial charge in [-0.2, -0.15) is 5.10 Å². The molecule has 0 saturated carbocycles. The summed E-state index contributed by atoms with van der Waals surface area (Å²) in [7, 11) is 5.77. The molecule has 24 heavy (non-hydrogen) atoms. The lowest BCUT2D eigenvalue weighted by molar-refractivity contribution is 0.402. The van der Waals surface area contributed by atoms with E-state index in [0.29, 0.717) is 5.82 Å². The number of nitrogens with one attached hydrogen (secondary N) is 1. The largest absolute Gasteiger partial charge is 0.497 e. The van der Waals surface area contributed by atoms with Crippen molar-refractivity contribution < 1.29 is 4.74 Å². The molecule has 1 heterocycles. The molecule has 1 aromatic heterocycles. The highest BCUT2D eigenvalue weighted by Gasteiger charge is 2.08. The van der Waals surface area contributed by atoms with Crippen molar-refractivity contribution in [3.63, 3.8) is 0 Å². The molecule has 126 valence electrons. The van der Waals surface area contributed by atoms with Gasteiger partial charge in [0.25, 0.3) is 0 Å². The summed E-state index contributed by atoms with van der Waals surface area (Å²) in [4.78, 5) is 6.74. The molecule has 0 aliphatic heterocycles. The molecule has 0 aliphatic carbocycles. The number of benzene rings is 2. The number of aromatic nitrogens is 3.